The number of rotatable bonds is 6. The summed E-state index contributed by atoms with van der Waals surface area (Å²) in [6, 6.07) is 0. The summed E-state index contributed by atoms with van der Waals surface area (Å²) in [4.78, 5) is 12.1. The molecule has 3 nitrogen and oxygen atoms in total. The molecule has 4 atom stereocenters. The van der Waals surface area contributed by atoms with Crippen molar-refractivity contribution in [3.63, 3.8) is 0 Å². The molecule has 1 aliphatic heterocycles. The molecule has 4 heteroatoms. The Morgan fingerprint density at radius 2 is 1.91 bits per heavy atom. The molecule has 3 rings (SSSR count). The van der Waals surface area contributed by atoms with Crippen LogP contribution in [0, 0.1) is 17.8 Å². The highest BCUT2D eigenvalue weighted by Gasteiger charge is 2.34. The van der Waals surface area contributed by atoms with Crippen LogP contribution in [0.5, 0.6) is 0 Å². The van der Waals surface area contributed by atoms with Crippen molar-refractivity contribution in [1.29, 1.82) is 0 Å². The van der Waals surface area contributed by atoms with E-state index in [0.717, 1.165) is 43.1 Å². The largest absolute Gasteiger partial charge is 0.391 e. The van der Waals surface area contributed by atoms with Crippen LogP contribution in [0.1, 0.15) is 57.8 Å². The minimum Gasteiger partial charge on any atom is -0.391 e. The summed E-state index contributed by atoms with van der Waals surface area (Å²) < 4.78 is 5.82. The van der Waals surface area contributed by atoms with E-state index in [9.17, 15) is 9.90 Å². The van der Waals surface area contributed by atoms with Crippen molar-refractivity contribution >= 4 is 17.5 Å². The lowest BCUT2D eigenvalue weighted by Gasteiger charge is -2.30. The predicted octanol–water partition coefficient (Wildman–Crippen LogP) is 3.44. The van der Waals surface area contributed by atoms with Crippen LogP contribution in [0.3, 0.4) is 0 Å². The SMILES string of the molecule is O=C(CSCC1CCC([C@@H]2CC[C@H](O)CO2)C1)C1CCCC1. The molecule has 0 radical (unpaired) electrons. The number of hydrogen-bond acceptors (Lipinski definition) is 4. The number of hydrogen-bond donors (Lipinski definition) is 1. The Balaban J connectivity index is 1.32. The lowest BCUT2D eigenvalue weighted by atomic mass is 9.93. The van der Waals surface area contributed by atoms with E-state index in [1.54, 1.807) is 0 Å². The molecule has 0 bridgehead atoms. The van der Waals surface area contributed by atoms with Gasteiger partial charge in [0, 0.05) is 5.92 Å². The Hall–Kier alpha value is -0.0600. The molecule has 2 aliphatic carbocycles. The van der Waals surface area contributed by atoms with Crippen molar-refractivity contribution in [2.45, 2.75) is 70.0 Å². The first-order chi connectivity index (χ1) is 10.7. The third kappa shape index (κ3) is 4.48. The summed E-state index contributed by atoms with van der Waals surface area (Å²) in [6.07, 6.45) is 10.6. The fourth-order valence-electron chi connectivity index (χ4n) is 4.42. The molecule has 126 valence electrons. The van der Waals surface area contributed by atoms with Gasteiger partial charge in [-0.05, 0) is 62.5 Å². The molecule has 1 saturated heterocycles. The standard InChI is InChI=1S/C18H30O3S/c19-16-7-8-18(21-10-16)15-6-5-13(9-15)11-22-12-17(20)14-3-1-2-4-14/h13-16,18-19H,1-12H2/t13?,15?,16-,18-/m0/s1. The molecule has 0 aromatic heterocycles. The number of ketones is 1. The van der Waals surface area contributed by atoms with Crippen molar-refractivity contribution in [3.05, 3.63) is 0 Å². The number of aliphatic hydroxyl groups excluding tert-OH is 1. The van der Waals surface area contributed by atoms with Gasteiger partial charge in [-0.2, -0.15) is 11.8 Å². The van der Waals surface area contributed by atoms with Crippen molar-refractivity contribution in [3.8, 4) is 0 Å². The van der Waals surface area contributed by atoms with E-state index < -0.39 is 0 Å². The van der Waals surface area contributed by atoms with Crippen LogP contribution in [0.4, 0.5) is 0 Å². The third-order valence-electron chi connectivity index (χ3n) is 5.80. The Bertz CT molecular complexity index is 359. The minimum absolute atomic E-state index is 0.245. The molecule has 0 aromatic carbocycles. The van der Waals surface area contributed by atoms with Crippen LogP contribution in [0.25, 0.3) is 0 Å². The van der Waals surface area contributed by atoms with Gasteiger partial charge in [-0.25, -0.2) is 0 Å². The first-order valence-corrected chi connectivity index (χ1v) is 10.3. The molecule has 0 amide bonds. The number of aliphatic hydroxyl groups is 1. The van der Waals surface area contributed by atoms with E-state index in [1.165, 1.54) is 32.1 Å². The predicted molar refractivity (Wildman–Crippen MR) is 90.1 cm³/mol. The van der Waals surface area contributed by atoms with Crippen molar-refractivity contribution in [1.82, 2.24) is 0 Å². The molecule has 0 aromatic rings. The normalized spacial score (nSPS) is 36.8. The summed E-state index contributed by atoms with van der Waals surface area (Å²) in [5.74, 6) is 4.21. The van der Waals surface area contributed by atoms with Gasteiger partial charge >= 0.3 is 0 Å². The molecule has 22 heavy (non-hydrogen) atoms. The molecule has 2 unspecified atom stereocenters. The van der Waals surface area contributed by atoms with Gasteiger partial charge in [0.05, 0.1) is 24.6 Å². The summed E-state index contributed by atoms with van der Waals surface area (Å²) in [7, 11) is 0. The zero-order valence-electron chi connectivity index (χ0n) is 13.5. The van der Waals surface area contributed by atoms with E-state index in [-0.39, 0.29) is 6.10 Å². The van der Waals surface area contributed by atoms with Gasteiger partial charge in [-0.3, -0.25) is 4.79 Å². The monoisotopic (exact) mass is 326 g/mol. The second kappa shape index (κ2) is 8.16. The van der Waals surface area contributed by atoms with Gasteiger partial charge in [-0.1, -0.05) is 12.8 Å². The average molecular weight is 327 g/mol. The Kier molecular flexibility index (Phi) is 6.23. The zero-order valence-corrected chi connectivity index (χ0v) is 14.4. The summed E-state index contributed by atoms with van der Waals surface area (Å²) in [5.41, 5.74) is 0. The fourth-order valence-corrected chi connectivity index (χ4v) is 5.62. The molecule has 1 N–H and O–H groups in total. The lowest BCUT2D eigenvalue weighted by Crippen LogP contribution is -2.33. The van der Waals surface area contributed by atoms with Crippen molar-refractivity contribution < 1.29 is 14.6 Å². The molecule has 0 spiro atoms. The van der Waals surface area contributed by atoms with Gasteiger partial charge < -0.3 is 9.84 Å². The second-order valence-electron chi connectivity index (χ2n) is 7.50. The topological polar surface area (TPSA) is 46.5 Å². The Morgan fingerprint density at radius 1 is 1.09 bits per heavy atom. The van der Waals surface area contributed by atoms with E-state index in [0.29, 0.717) is 30.3 Å². The van der Waals surface area contributed by atoms with Crippen LogP contribution in [-0.4, -0.2) is 41.2 Å². The molecule has 3 aliphatic rings. The van der Waals surface area contributed by atoms with Crippen LogP contribution in [-0.2, 0) is 9.53 Å². The highest BCUT2D eigenvalue weighted by Crippen LogP contribution is 2.38. The number of Topliss-reactive ketones (excluding diaryl/α,β-unsaturated/α-hetero) is 1. The van der Waals surface area contributed by atoms with Gasteiger partial charge in [0.15, 0.2) is 0 Å². The summed E-state index contributed by atoms with van der Waals surface area (Å²) >= 11 is 1.86. The fraction of sp³-hybridized carbons (Fsp3) is 0.944. The molecular formula is C18H30O3S. The van der Waals surface area contributed by atoms with Gasteiger partial charge in [0.25, 0.3) is 0 Å². The first-order valence-electron chi connectivity index (χ1n) is 9.12. The molecule has 1 heterocycles. The maximum Gasteiger partial charge on any atom is 0.145 e. The van der Waals surface area contributed by atoms with Gasteiger partial charge in [0.2, 0.25) is 0 Å². The number of carbonyl (C=O) groups is 1. The van der Waals surface area contributed by atoms with Crippen LogP contribution in [0.2, 0.25) is 0 Å². The lowest BCUT2D eigenvalue weighted by molar-refractivity contribution is -0.120. The smallest absolute Gasteiger partial charge is 0.145 e. The average Bonchev–Trinajstić information content (AvgIpc) is 3.19. The van der Waals surface area contributed by atoms with E-state index in [2.05, 4.69) is 0 Å². The van der Waals surface area contributed by atoms with Gasteiger partial charge in [-0.15, -0.1) is 0 Å². The highest BCUT2D eigenvalue weighted by atomic mass is 32.2. The summed E-state index contributed by atoms with van der Waals surface area (Å²) in [5, 5.41) is 9.52. The van der Waals surface area contributed by atoms with Gasteiger partial charge in [0.1, 0.15) is 5.78 Å². The van der Waals surface area contributed by atoms with Crippen molar-refractivity contribution in [2.24, 2.45) is 17.8 Å². The van der Waals surface area contributed by atoms with E-state index in [4.69, 9.17) is 4.74 Å². The molecular weight excluding hydrogens is 296 g/mol. The first kappa shape index (κ1) is 16.8. The maximum absolute atomic E-state index is 12.1. The number of thioether (sulfide) groups is 1. The molecule has 2 saturated carbocycles. The van der Waals surface area contributed by atoms with E-state index >= 15 is 0 Å². The van der Waals surface area contributed by atoms with Crippen LogP contribution < -0.4 is 0 Å². The molecule has 3 fully saturated rings. The number of carbonyl (C=O) groups excluding carboxylic acids is 1. The highest BCUT2D eigenvalue weighted by molar-refractivity contribution is 7.99. The Morgan fingerprint density at radius 3 is 2.64 bits per heavy atom. The van der Waals surface area contributed by atoms with Crippen molar-refractivity contribution in [2.75, 3.05) is 18.1 Å². The second-order valence-corrected chi connectivity index (χ2v) is 8.54. The summed E-state index contributed by atoms with van der Waals surface area (Å²) in [6.45, 7) is 0.524. The number of ether oxygens (including phenoxy) is 1. The maximum atomic E-state index is 12.1. The van der Waals surface area contributed by atoms with Crippen LogP contribution >= 0.6 is 11.8 Å². The Labute approximate surface area is 138 Å². The van der Waals surface area contributed by atoms with E-state index in [1.807, 2.05) is 11.8 Å². The van der Waals surface area contributed by atoms with Crippen LogP contribution in [0.15, 0.2) is 0 Å². The minimum atomic E-state index is -0.245. The quantitative estimate of drug-likeness (QED) is 0.812. The third-order valence-corrected chi connectivity index (χ3v) is 7.00. The zero-order chi connectivity index (χ0) is 15.4.